The first-order chi connectivity index (χ1) is 13.6. The Bertz CT molecular complexity index is 898. The number of hydrogen-bond donors (Lipinski definition) is 0. The van der Waals surface area contributed by atoms with E-state index in [1.54, 1.807) is 13.1 Å². The highest BCUT2D eigenvalue weighted by Crippen LogP contribution is 2.28. The first-order valence-electron chi connectivity index (χ1n) is 10.2. The first-order valence-corrected chi connectivity index (χ1v) is 10.2. The Labute approximate surface area is 165 Å². The molecule has 0 bridgehead atoms. The third kappa shape index (κ3) is 4.17. The summed E-state index contributed by atoms with van der Waals surface area (Å²) in [6, 6.07) is 10.7. The van der Waals surface area contributed by atoms with Crippen LogP contribution in [-0.2, 0) is 11.8 Å². The Morgan fingerprint density at radius 2 is 2.04 bits per heavy atom. The number of nitrogens with zero attached hydrogens (tertiary/aromatic N) is 3. The summed E-state index contributed by atoms with van der Waals surface area (Å²) in [5, 5.41) is 4.30. The van der Waals surface area contributed by atoms with E-state index in [1.807, 2.05) is 29.2 Å². The highest BCUT2D eigenvalue weighted by Gasteiger charge is 2.28. The van der Waals surface area contributed by atoms with E-state index in [1.165, 1.54) is 30.0 Å². The van der Waals surface area contributed by atoms with Crippen molar-refractivity contribution in [2.75, 3.05) is 19.7 Å². The van der Waals surface area contributed by atoms with Crippen LogP contribution in [0.25, 0.3) is 11.3 Å². The number of carbonyl (C=O) groups excluding carboxylic acids is 1. The van der Waals surface area contributed by atoms with Gasteiger partial charge in [0.25, 0.3) is 11.5 Å². The van der Waals surface area contributed by atoms with Gasteiger partial charge in [-0.3, -0.25) is 9.59 Å². The van der Waals surface area contributed by atoms with Crippen LogP contribution in [0, 0.1) is 5.92 Å². The Hall–Kier alpha value is -2.47. The quantitative estimate of drug-likeness (QED) is 0.772. The maximum Gasteiger partial charge on any atom is 0.266 e. The molecule has 148 valence electrons. The van der Waals surface area contributed by atoms with Crippen LogP contribution >= 0.6 is 0 Å². The van der Waals surface area contributed by atoms with Crippen molar-refractivity contribution >= 4 is 5.91 Å². The molecule has 1 aromatic heterocycles. The van der Waals surface area contributed by atoms with Crippen LogP contribution < -0.4 is 5.56 Å². The number of hydrogen-bond acceptors (Lipinski definition) is 4. The lowest BCUT2D eigenvalue weighted by atomic mass is 9.85. The van der Waals surface area contributed by atoms with E-state index < -0.39 is 0 Å². The molecule has 1 saturated heterocycles. The van der Waals surface area contributed by atoms with E-state index >= 15 is 0 Å². The lowest BCUT2D eigenvalue weighted by molar-refractivity contribution is 0.0448. The van der Waals surface area contributed by atoms with E-state index in [2.05, 4.69) is 5.10 Å². The SMILES string of the molecule is Cn1nc(-c2cccc(C(=O)N(CC3CCC3)C[C@@H]3CCCO3)c2)ccc1=O. The average Bonchev–Trinajstić information content (AvgIpc) is 3.18. The van der Waals surface area contributed by atoms with Crippen molar-refractivity contribution in [2.45, 2.75) is 38.2 Å². The summed E-state index contributed by atoms with van der Waals surface area (Å²) < 4.78 is 7.09. The minimum Gasteiger partial charge on any atom is -0.376 e. The molecule has 1 aliphatic carbocycles. The Morgan fingerprint density at radius 3 is 2.71 bits per heavy atom. The zero-order valence-electron chi connectivity index (χ0n) is 16.3. The van der Waals surface area contributed by atoms with Gasteiger partial charge in [0.15, 0.2) is 0 Å². The molecule has 28 heavy (non-hydrogen) atoms. The minimum atomic E-state index is -0.154. The van der Waals surface area contributed by atoms with Gasteiger partial charge in [0, 0.05) is 43.9 Å². The van der Waals surface area contributed by atoms with Crippen molar-refractivity contribution in [3.05, 3.63) is 52.3 Å². The topological polar surface area (TPSA) is 64.4 Å². The van der Waals surface area contributed by atoms with Gasteiger partial charge < -0.3 is 9.64 Å². The van der Waals surface area contributed by atoms with Crippen LogP contribution in [-0.4, -0.2) is 46.4 Å². The van der Waals surface area contributed by atoms with E-state index in [0.29, 0.717) is 23.7 Å². The lowest BCUT2D eigenvalue weighted by Crippen LogP contribution is -2.41. The molecule has 1 aliphatic heterocycles. The van der Waals surface area contributed by atoms with Gasteiger partial charge in [-0.15, -0.1) is 0 Å². The zero-order valence-corrected chi connectivity index (χ0v) is 16.3. The van der Waals surface area contributed by atoms with Crippen molar-refractivity contribution in [2.24, 2.45) is 13.0 Å². The molecular weight excluding hydrogens is 354 g/mol. The maximum atomic E-state index is 13.3. The molecule has 1 atom stereocenters. The second-order valence-corrected chi connectivity index (χ2v) is 7.90. The third-order valence-corrected chi connectivity index (χ3v) is 5.80. The zero-order chi connectivity index (χ0) is 19.5. The van der Waals surface area contributed by atoms with Crippen molar-refractivity contribution in [3.63, 3.8) is 0 Å². The highest BCUT2D eigenvalue weighted by atomic mass is 16.5. The van der Waals surface area contributed by atoms with Crippen LogP contribution in [0.15, 0.2) is 41.2 Å². The van der Waals surface area contributed by atoms with E-state index in [9.17, 15) is 9.59 Å². The predicted octanol–water partition coefficient (Wildman–Crippen LogP) is 2.87. The molecule has 2 aliphatic rings. The lowest BCUT2D eigenvalue weighted by Gasteiger charge is -2.33. The molecule has 1 aromatic carbocycles. The second kappa shape index (κ2) is 8.27. The number of ether oxygens (including phenoxy) is 1. The molecule has 4 rings (SSSR count). The van der Waals surface area contributed by atoms with Crippen LogP contribution in [0.5, 0.6) is 0 Å². The number of carbonyl (C=O) groups is 1. The minimum absolute atomic E-state index is 0.0501. The molecule has 0 radical (unpaired) electrons. The van der Waals surface area contributed by atoms with Crippen molar-refractivity contribution in [1.29, 1.82) is 0 Å². The van der Waals surface area contributed by atoms with Gasteiger partial charge in [-0.1, -0.05) is 18.6 Å². The monoisotopic (exact) mass is 381 g/mol. The van der Waals surface area contributed by atoms with E-state index in [4.69, 9.17) is 4.74 Å². The molecule has 6 heteroatoms. The van der Waals surface area contributed by atoms with Crippen molar-refractivity contribution < 1.29 is 9.53 Å². The summed E-state index contributed by atoms with van der Waals surface area (Å²) >= 11 is 0. The summed E-state index contributed by atoms with van der Waals surface area (Å²) in [6.07, 6.45) is 5.92. The Kier molecular flexibility index (Phi) is 5.57. The van der Waals surface area contributed by atoms with Crippen LogP contribution in [0.2, 0.25) is 0 Å². The van der Waals surface area contributed by atoms with E-state index in [-0.39, 0.29) is 17.6 Å². The molecule has 0 unspecified atom stereocenters. The molecule has 6 nitrogen and oxygen atoms in total. The van der Waals surface area contributed by atoms with Gasteiger partial charge in [0.05, 0.1) is 11.8 Å². The van der Waals surface area contributed by atoms with Crippen LogP contribution in [0.4, 0.5) is 0 Å². The van der Waals surface area contributed by atoms with Gasteiger partial charge in [0.1, 0.15) is 0 Å². The second-order valence-electron chi connectivity index (χ2n) is 7.90. The van der Waals surface area contributed by atoms with Gasteiger partial charge in [0.2, 0.25) is 0 Å². The summed E-state index contributed by atoms with van der Waals surface area (Å²) in [7, 11) is 1.63. The summed E-state index contributed by atoms with van der Waals surface area (Å²) in [5.41, 5.74) is 2.02. The van der Waals surface area contributed by atoms with Crippen LogP contribution in [0.3, 0.4) is 0 Å². The van der Waals surface area contributed by atoms with Gasteiger partial charge in [-0.2, -0.15) is 5.10 Å². The number of rotatable bonds is 6. The van der Waals surface area contributed by atoms with Crippen LogP contribution in [0.1, 0.15) is 42.5 Å². The standard InChI is InChI=1S/C22H27N3O3/c1-24-21(26)11-10-20(23-24)17-7-3-8-18(13-17)22(27)25(14-16-5-2-6-16)15-19-9-4-12-28-19/h3,7-8,10-11,13,16,19H,2,4-6,9,12,14-15H2,1H3/t19-/m0/s1. The summed E-state index contributed by atoms with van der Waals surface area (Å²) in [4.78, 5) is 26.9. The molecule has 0 spiro atoms. The summed E-state index contributed by atoms with van der Waals surface area (Å²) in [5.74, 6) is 0.660. The molecule has 0 N–H and O–H groups in total. The normalized spacial score (nSPS) is 19.4. The number of aryl methyl sites for hydroxylation is 1. The largest absolute Gasteiger partial charge is 0.376 e. The van der Waals surface area contributed by atoms with Gasteiger partial charge in [-0.05, 0) is 49.8 Å². The smallest absolute Gasteiger partial charge is 0.266 e. The molecular formula is C22H27N3O3. The van der Waals surface area contributed by atoms with E-state index in [0.717, 1.165) is 31.6 Å². The molecule has 1 amide bonds. The highest BCUT2D eigenvalue weighted by molar-refractivity contribution is 5.95. The Balaban J connectivity index is 1.56. The molecule has 1 saturated carbocycles. The number of benzene rings is 1. The third-order valence-electron chi connectivity index (χ3n) is 5.80. The predicted molar refractivity (Wildman–Crippen MR) is 107 cm³/mol. The fourth-order valence-corrected chi connectivity index (χ4v) is 3.91. The van der Waals surface area contributed by atoms with Crippen molar-refractivity contribution in [3.8, 4) is 11.3 Å². The first kappa shape index (κ1) is 18.9. The fourth-order valence-electron chi connectivity index (χ4n) is 3.91. The van der Waals surface area contributed by atoms with Crippen molar-refractivity contribution in [1.82, 2.24) is 14.7 Å². The van der Waals surface area contributed by atoms with Gasteiger partial charge in [-0.25, -0.2) is 4.68 Å². The molecule has 2 fully saturated rings. The van der Waals surface area contributed by atoms with Gasteiger partial charge >= 0.3 is 0 Å². The fraction of sp³-hybridized carbons (Fsp3) is 0.500. The average molecular weight is 381 g/mol. The summed E-state index contributed by atoms with van der Waals surface area (Å²) in [6.45, 7) is 2.27. The number of amides is 1. The molecule has 2 aromatic rings. The molecule has 2 heterocycles. The number of aromatic nitrogens is 2. The Morgan fingerprint density at radius 1 is 1.18 bits per heavy atom. The maximum absolute atomic E-state index is 13.3.